The van der Waals surface area contributed by atoms with Gasteiger partial charge >= 0.3 is 0 Å². The highest BCUT2D eigenvalue weighted by Gasteiger charge is 2.29. The fourth-order valence-electron chi connectivity index (χ4n) is 2.44. The first-order valence-corrected chi connectivity index (χ1v) is 7.06. The van der Waals surface area contributed by atoms with Crippen LogP contribution in [0.2, 0.25) is 0 Å². The second-order valence-corrected chi connectivity index (χ2v) is 5.04. The maximum absolute atomic E-state index is 12.6. The third kappa shape index (κ3) is 3.06. The Hall–Kier alpha value is -2.75. The molecule has 114 valence electrons. The van der Waals surface area contributed by atoms with E-state index in [9.17, 15) is 15.7 Å². The number of rotatable bonds is 4. The van der Waals surface area contributed by atoms with Crippen molar-refractivity contribution in [1.29, 1.82) is 5.26 Å². The van der Waals surface area contributed by atoms with E-state index in [1.807, 2.05) is 24.3 Å². The summed E-state index contributed by atoms with van der Waals surface area (Å²) >= 11 is 0. The summed E-state index contributed by atoms with van der Waals surface area (Å²) in [7, 11) is 0. The van der Waals surface area contributed by atoms with Crippen LogP contribution in [0.4, 0.5) is 5.69 Å². The monoisotopic (exact) mass is 306 g/mol. The molecule has 5 nitrogen and oxygen atoms in total. The Bertz CT molecular complexity index is 852. The molecule has 2 unspecified atom stereocenters. The number of hydrogen-bond donors (Lipinski definition) is 1. The average molecular weight is 306 g/mol. The smallest absolute Gasteiger partial charge is 0.232 e. The molecule has 3 aromatic carbocycles. The van der Waals surface area contributed by atoms with Gasteiger partial charge in [-0.15, -0.1) is 4.84 Å². The van der Waals surface area contributed by atoms with Crippen LogP contribution in [-0.4, -0.2) is 5.21 Å². The predicted molar refractivity (Wildman–Crippen MR) is 86.8 cm³/mol. The molecule has 0 bridgehead atoms. The lowest BCUT2D eigenvalue weighted by Crippen LogP contribution is -2.40. The lowest BCUT2D eigenvalue weighted by molar-refractivity contribution is -0.305. The zero-order chi connectivity index (χ0) is 16.3. The number of quaternary nitrogens is 1. The third-order valence-corrected chi connectivity index (χ3v) is 3.54. The molecule has 2 atom stereocenters. The number of nitriles is 1. The lowest BCUT2D eigenvalue weighted by atomic mass is 10.1. The van der Waals surface area contributed by atoms with Crippen molar-refractivity contribution in [3.8, 4) is 6.07 Å². The largest absolute Gasteiger partial charge is 0.559 e. The highest BCUT2D eigenvalue weighted by Crippen LogP contribution is 2.33. The lowest BCUT2D eigenvalue weighted by Gasteiger charge is -2.31. The van der Waals surface area contributed by atoms with Crippen molar-refractivity contribution in [2.75, 3.05) is 0 Å². The minimum absolute atomic E-state index is 0.0271. The molecule has 0 heterocycles. The Kier molecular flexibility index (Phi) is 4.06. The van der Waals surface area contributed by atoms with Crippen LogP contribution >= 0.6 is 0 Å². The van der Waals surface area contributed by atoms with Gasteiger partial charge in [-0.3, -0.25) is 0 Å². The summed E-state index contributed by atoms with van der Waals surface area (Å²) in [5.41, 5.74) is 0.530. The molecule has 0 saturated carbocycles. The predicted octanol–water partition coefficient (Wildman–Crippen LogP) is 4.23. The highest BCUT2D eigenvalue weighted by molar-refractivity contribution is 5.92. The van der Waals surface area contributed by atoms with E-state index in [4.69, 9.17) is 4.84 Å². The maximum atomic E-state index is 12.6. The quantitative estimate of drug-likeness (QED) is 0.578. The number of nitrogens with zero attached hydrogens (tertiary/aromatic N) is 2. The van der Waals surface area contributed by atoms with Crippen LogP contribution in [0, 0.1) is 16.5 Å². The van der Waals surface area contributed by atoms with Crippen molar-refractivity contribution in [2.24, 2.45) is 0 Å². The van der Waals surface area contributed by atoms with Gasteiger partial charge in [0, 0.05) is 17.0 Å². The zero-order valence-corrected chi connectivity index (χ0v) is 12.2. The first-order valence-electron chi connectivity index (χ1n) is 7.06. The summed E-state index contributed by atoms with van der Waals surface area (Å²) in [5.74, 6) is 0. The molecule has 0 saturated heterocycles. The van der Waals surface area contributed by atoms with Crippen LogP contribution in [0.1, 0.15) is 11.7 Å². The maximum Gasteiger partial charge on any atom is 0.232 e. The van der Waals surface area contributed by atoms with Gasteiger partial charge in [0.1, 0.15) is 6.07 Å². The van der Waals surface area contributed by atoms with Crippen molar-refractivity contribution < 1.29 is 10.0 Å². The van der Waals surface area contributed by atoms with Gasteiger partial charge in [-0.2, -0.15) is 10.5 Å². The molecular formula is C18H14N2O3. The van der Waals surface area contributed by atoms with Crippen molar-refractivity contribution >= 4 is 16.5 Å². The fourth-order valence-corrected chi connectivity index (χ4v) is 2.44. The van der Waals surface area contributed by atoms with E-state index in [0.717, 1.165) is 5.39 Å². The summed E-state index contributed by atoms with van der Waals surface area (Å²) in [5, 5.41) is 33.5. The van der Waals surface area contributed by atoms with Crippen LogP contribution in [0.25, 0.3) is 10.8 Å². The molecule has 5 heteroatoms. The van der Waals surface area contributed by atoms with Gasteiger partial charge in [0.05, 0.1) is 0 Å². The standard InChI is InChI=1S/C18H14N2O3/c19-13-18(15-8-2-1-3-9-15)23-20(21,22)17-12-6-10-14-7-4-5-11-16(14)17/h1-12,18,21H. The Morgan fingerprint density at radius 3 is 2.35 bits per heavy atom. The Labute approximate surface area is 133 Å². The molecule has 23 heavy (non-hydrogen) atoms. The summed E-state index contributed by atoms with van der Waals surface area (Å²) in [4.78, 5) is 3.07. The van der Waals surface area contributed by atoms with Crippen LogP contribution in [0.3, 0.4) is 0 Å². The highest BCUT2D eigenvalue weighted by atomic mass is 17.1. The van der Waals surface area contributed by atoms with Crippen molar-refractivity contribution in [3.05, 3.63) is 83.6 Å². The molecule has 0 aliphatic heterocycles. The molecule has 0 spiro atoms. The zero-order valence-electron chi connectivity index (χ0n) is 12.2. The topological polar surface area (TPSA) is 76.3 Å². The van der Waals surface area contributed by atoms with E-state index < -0.39 is 11.1 Å². The van der Waals surface area contributed by atoms with E-state index in [0.29, 0.717) is 10.9 Å². The van der Waals surface area contributed by atoms with Gasteiger partial charge in [0.2, 0.25) is 11.8 Å². The fraction of sp³-hybridized carbons (Fsp3) is 0.0556. The van der Waals surface area contributed by atoms with Crippen molar-refractivity contribution in [3.63, 3.8) is 0 Å². The number of benzene rings is 3. The minimum atomic E-state index is -2.07. The van der Waals surface area contributed by atoms with E-state index in [-0.39, 0.29) is 5.69 Å². The molecular weight excluding hydrogens is 292 g/mol. The summed E-state index contributed by atoms with van der Waals surface area (Å²) in [6, 6.07) is 22.6. The Morgan fingerprint density at radius 1 is 0.957 bits per heavy atom. The summed E-state index contributed by atoms with van der Waals surface area (Å²) in [6.07, 6.45) is -1.18. The van der Waals surface area contributed by atoms with E-state index >= 15 is 0 Å². The first-order chi connectivity index (χ1) is 11.1. The van der Waals surface area contributed by atoms with E-state index in [1.54, 1.807) is 48.5 Å². The number of hydrogen-bond acceptors (Lipinski definition) is 4. The summed E-state index contributed by atoms with van der Waals surface area (Å²) < 4.78 is 0. The molecule has 0 aliphatic rings. The Morgan fingerprint density at radius 2 is 1.61 bits per heavy atom. The molecule has 3 aromatic rings. The summed E-state index contributed by atoms with van der Waals surface area (Å²) in [6.45, 7) is 0. The van der Waals surface area contributed by atoms with Gasteiger partial charge in [0.15, 0.2) is 0 Å². The minimum Gasteiger partial charge on any atom is -0.559 e. The Balaban J connectivity index is 1.99. The van der Waals surface area contributed by atoms with E-state index in [1.165, 1.54) is 6.07 Å². The second-order valence-electron chi connectivity index (χ2n) is 5.04. The molecule has 0 amide bonds. The third-order valence-electron chi connectivity index (χ3n) is 3.54. The molecule has 0 aliphatic carbocycles. The van der Waals surface area contributed by atoms with Crippen molar-refractivity contribution in [1.82, 2.24) is 4.97 Å². The molecule has 1 N–H and O–H groups in total. The number of fused-ring (bicyclic) bond motifs is 1. The van der Waals surface area contributed by atoms with Gasteiger partial charge in [-0.05, 0) is 16.4 Å². The first kappa shape index (κ1) is 15.2. The second kappa shape index (κ2) is 6.16. The van der Waals surface area contributed by atoms with Crippen molar-refractivity contribution in [2.45, 2.75) is 6.10 Å². The molecule has 3 rings (SSSR count). The molecule has 0 radical (unpaired) electrons. The van der Waals surface area contributed by atoms with Crippen LogP contribution in [0.15, 0.2) is 72.8 Å². The van der Waals surface area contributed by atoms with Crippen LogP contribution in [0.5, 0.6) is 0 Å². The normalized spacial score (nSPS) is 14.8. The van der Waals surface area contributed by atoms with Gasteiger partial charge < -0.3 is 5.21 Å². The van der Waals surface area contributed by atoms with Crippen LogP contribution < -0.4 is 4.97 Å². The molecule has 0 fully saturated rings. The van der Waals surface area contributed by atoms with Crippen LogP contribution in [-0.2, 0) is 4.84 Å². The molecule has 0 aromatic heterocycles. The van der Waals surface area contributed by atoms with Gasteiger partial charge in [0.25, 0.3) is 0 Å². The van der Waals surface area contributed by atoms with Gasteiger partial charge in [-0.25, -0.2) is 0 Å². The SMILES string of the molecule is N#CC(O[N+]([O-])(O)c1cccc2ccccc12)c1ccccc1. The van der Waals surface area contributed by atoms with E-state index in [2.05, 4.69) is 0 Å². The average Bonchev–Trinajstić information content (AvgIpc) is 2.60. The van der Waals surface area contributed by atoms with Gasteiger partial charge in [-0.1, -0.05) is 60.7 Å².